The van der Waals surface area contributed by atoms with Gasteiger partial charge in [-0.15, -0.1) is 0 Å². The van der Waals surface area contributed by atoms with Crippen molar-refractivity contribution < 1.29 is 23.1 Å². The Morgan fingerprint density at radius 2 is 1.72 bits per heavy atom. The number of ether oxygens (including phenoxy) is 1. The number of halogens is 2. The van der Waals surface area contributed by atoms with Gasteiger partial charge in [0.1, 0.15) is 0 Å². The second kappa shape index (κ2) is 8.37. The molecule has 0 bridgehead atoms. The molecule has 1 N–H and O–H groups in total. The molecule has 2 rings (SSSR count). The fourth-order valence-corrected chi connectivity index (χ4v) is 2.27. The van der Waals surface area contributed by atoms with Crippen molar-refractivity contribution in [1.29, 1.82) is 0 Å². The molecule has 0 saturated carbocycles. The summed E-state index contributed by atoms with van der Waals surface area (Å²) in [5.74, 6) is -3.25. The van der Waals surface area contributed by atoms with Crippen LogP contribution in [0.1, 0.15) is 31.7 Å². The summed E-state index contributed by atoms with van der Waals surface area (Å²) in [6.45, 7) is 3.31. The summed E-state index contributed by atoms with van der Waals surface area (Å²) in [5, 5.41) is 2.38. The maximum Gasteiger partial charge on any atom is 0.307 e. The predicted octanol–water partition coefficient (Wildman–Crippen LogP) is 4.03. The molecule has 2 atom stereocenters. The maximum atomic E-state index is 13.1. The Morgan fingerprint density at radius 3 is 2.36 bits per heavy atom. The van der Waals surface area contributed by atoms with Crippen LogP contribution in [-0.4, -0.2) is 18.0 Å². The van der Waals surface area contributed by atoms with Gasteiger partial charge in [0.2, 0.25) is 0 Å². The first kappa shape index (κ1) is 18.6. The highest BCUT2D eigenvalue weighted by Crippen LogP contribution is 2.19. The quantitative estimate of drug-likeness (QED) is 0.803. The van der Waals surface area contributed by atoms with Crippen LogP contribution in [0.25, 0.3) is 0 Å². The number of carbonyl (C=O) groups excluding carboxylic acids is 2. The molecule has 2 aromatic carbocycles. The molecule has 4 nitrogen and oxygen atoms in total. The average molecular weight is 347 g/mol. The van der Waals surface area contributed by atoms with Gasteiger partial charge in [0.25, 0.3) is 5.91 Å². The standard InChI is InChI=1S/C19H19F2NO3/c1-12(14-6-4-3-5-7-14)10-18(23)25-13(2)19(24)22-15-8-9-16(20)17(21)11-15/h3-9,11-13H,10H2,1-2H3,(H,22,24)/t12-,13+/m1/s1. The fraction of sp³-hybridized carbons (Fsp3) is 0.263. The molecular formula is C19H19F2NO3. The third-order valence-electron chi connectivity index (χ3n) is 3.71. The molecule has 2 aromatic rings. The zero-order valence-corrected chi connectivity index (χ0v) is 14.0. The van der Waals surface area contributed by atoms with Crippen LogP contribution in [-0.2, 0) is 14.3 Å². The van der Waals surface area contributed by atoms with Crippen molar-refractivity contribution in [3.63, 3.8) is 0 Å². The van der Waals surface area contributed by atoms with Crippen LogP contribution in [0.15, 0.2) is 48.5 Å². The third kappa shape index (κ3) is 5.38. The molecule has 132 valence electrons. The van der Waals surface area contributed by atoms with Gasteiger partial charge in [-0.3, -0.25) is 9.59 Å². The number of anilines is 1. The minimum absolute atomic E-state index is 0.0462. The van der Waals surface area contributed by atoms with Crippen LogP contribution in [0, 0.1) is 11.6 Å². The van der Waals surface area contributed by atoms with Gasteiger partial charge >= 0.3 is 5.97 Å². The van der Waals surface area contributed by atoms with E-state index in [1.54, 1.807) is 0 Å². The number of esters is 1. The lowest BCUT2D eigenvalue weighted by molar-refractivity contribution is -0.153. The Balaban J connectivity index is 1.87. The monoisotopic (exact) mass is 347 g/mol. The highest BCUT2D eigenvalue weighted by molar-refractivity contribution is 5.95. The van der Waals surface area contributed by atoms with Crippen molar-refractivity contribution in [3.8, 4) is 0 Å². The molecule has 0 fully saturated rings. The largest absolute Gasteiger partial charge is 0.453 e. The van der Waals surface area contributed by atoms with E-state index in [1.165, 1.54) is 13.0 Å². The molecule has 0 aliphatic rings. The first-order valence-electron chi connectivity index (χ1n) is 7.87. The van der Waals surface area contributed by atoms with E-state index in [-0.39, 0.29) is 18.0 Å². The summed E-state index contributed by atoms with van der Waals surface area (Å²) in [6.07, 6.45) is -0.920. The molecule has 0 heterocycles. The first-order chi connectivity index (χ1) is 11.9. The normalized spacial score (nSPS) is 13.0. The number of nitrogens with one attached hydrogen (secondary N) is 1. The number of benzene rings is 2. The Bertz CT molecular complexity index is 750. The lowest BCUT2D eigenvalue weighted by atomic mass is 9.98. The van der Waals surface area contributed by atoms with Crippen molar-refractivity contribution in [2.45, 2.75) is 32.3 Å². The lowest BCUT2D eigenvalue weighted by Gasteiger charge is -2.16. The molecule has 0 aliphatic heterocycles. The summed E-state index contributed by atoms with van der Waals surface area (Å²) in [6, 6.07) is 12.5. The third-order valence-corrected chi connectivity index (χ3v) is 3.71. The molecular weight excluding hydrogens is 328 g/mol. The second-order valence-corrected chi connectivity index (χ2v) is 5.77. The van der Waals surface area contributed by atoms with Crippen LogP contribution in [0.4, 0.5) is 14.5 Å². The first-order valence-corrected chi connectivity index (χ1v) is 7.87. The zero-order chi connectivity index (χ0) is 18.4. The van der Waals surface area contributed by atoms with Gasteiger partial charge in [0.15, 0.2) is 17.7 Å². The Kier molecular flexibility index (Phi) is 6.22. The number of carbonyl (C=O) groups is 2. The van der Waals surface area contributed by atoms with E-state index in [0.717, 1.165) is 17.7 Å². The SMILES string of the molecule is C[C@H](OC(=O)C[C@@H](C)c1ccccc1)C(=O)Nc1ccc(F)c(F)c1. The van der Waals surface area contributed by atoms with E-state index < -0.39 is 29.6 Å². The molecule has 0 radical (unpaired) electrons. The summed E-state index contributed by atoms with van der Waals surface area (Å²) in [5.41, 5.74) is 1.09. The Morgan fingerprint density at radius 1 is 1.04 bits per heavy atom. The van der Waals surface area contributed by atoms with Crippen molar-refractivity contribution in [1.82, 2.24) is 0 Å². The van der Waals surface area contributed by atoms with Crippen molar-refractivity contribution in [3.05, 3.63) is 65.7 Å². The molecule has 0 aliphatic carbocycles. The van der Waals surface area contributed by atoms with Crippen LogP contribution in [0.2, 0.25) is 0 Å². The van der Waals surface area contributed by atoms with Crippen LogP contribution in [0.3, 0.4) is 0 Å². The van der Waals surface area contributed by atoms with Gasteiger partial charge in [-0.05, 0) is 30.5 Å². The van der Waals surface area contributed by atoms with Crippen molar-refractivity contribution >= 4 is 17.6 Å². The van der Waals surface area contributed by atoms with Crippen molar-refractivity contribution in [2.75, 3.05) is 5.32 Å². The predicted molar refractivity (Wildman–Crippen MR) is 90.0 cm³/mol. The zero-order valence-electron chi connectivity index (χ0n) is 14.0. The summed E-state index contributed by atoms with van der Waals surface area (Å²) >= 11 is 0. The van der Waals surface area contributed by atoms with Crippen LogP contribution >= 0.6 is 0 Å². The topological polar surface area (TPSA) is 55.4 Å². The molecule has 0 spiro atoms. The number of hydrogen-bond donors (Lipinski definition) is 1. The minimum atomic E-state index is -1.07. The van der Waals surface area contributed by atoms with Gasteiger partial charge in [-0.2, -0.15) is 0 Å². The molecule has 0 saturated heterocycles. The minimum Gasteiger partial charge on any atom is -0.453 e. The number of hydrogen-bond acceptors (Lipinski definition) is 3. The second-order valence-electron chi connectivity index (χ2n) is 5.77. The summed E-state index contributed by atoms with van der Waals surface area (Å²) in [4.78, 5) is 24.0. The van der Waals surface area contributed by atoms with Gasteiger partial charge in [-0.1, -0.05) is 37.3 Å². The van der Waals surface area contributed by atoms with Crippen molar-refractivity contribution in [2.24, 2.45) is 0 Å². The molecule has 1 amide bonds. The van der Waals surface area contributed by atoms with Gasteiger partial charge in [0, 0.05) is 11.8 Å². The van der Waals surface area contributed by atoms with Gasteiger partial charge < -0.3 is 10.1 Å². The lowest BCUT2D eigenvalue weighted by Crippen LogP contribution is -2.30. The molecule has 25 heavy (non-hydrogen) atoms. The summed E-state index contributed by atoms with van der Waals surface area (Å²) < 4.78 is 31.1. The van der Waals surface area contributed by atoms with E-state index in [9.17, 15) is 18.4 Å². The average Bonchev–Trinajstić information content (AvgIpc) is 2.58. The van der Waals surface area contributed by atoms with Crippen LogP contribution < -0.4 is 5.32 Å². The Hall–Kier alpha value is -2.76. The van der Waals surface area contributed by atoms with Crippen LogP contribution in [0.5, 0.6) is 0 Å². The van der Waals surface area contributed by atoms with E-state index in [2.05, 4.69) is 5.32 Å². The highest BCUT2D eigenvalue weighted by atomic mass is 19.2. The molecule has 0 unspecified atom stereocenters. The van der Waals surface area contributed by atoms with Gasteiger partial charge in [0.05, 0.1) is 6.42 Å². The van der Waals surface area contributed by atoms with Gasteiger partial charge in [-0.25, -0.2) is 8.78 Å². The number of rotatable bonds is 6. The van der Waals surface area contributed by atoms with E-state index in [4.69, 9.17) is 4.74 Å². The highest BCUT2D eigenvalue weighted by Gasteiger charge is 2.20. The smallest absolute Gasteiger partial charge is 0.307 e. The Labute approximate surface area is 144 Å². The maximum absolute atomic E-state index is 13.1. The van der Waals surface area contributed by atoms with E-state index >= 15 is 0 Å². The molecule has 0 aromatic heterocycles. The van der Waals surface area contributed by atoms with E-state index in [0.29, 0.717) is 0 Å². The summed E-state index contributed by atoms with van der Waals surface area (Å²) in [7, 11) is 0. The molecule has 6 heteroatoms. The van der Waals surface area contributed by atoms with E-state index in [1.807, 2.05) is 37.3 Å². The number of amides is 1. The fourth-order valence-electron chi connectivity index (χ4n) is 2.27.